The number of rotatable bonds is 7. The third kappa shape index (κ3) is 5.97. The Morgan fingerprint density at radius 3 is 2.32 bits per heavy atom. The molecule has 168 valence electrons. The summed E-state index contributed by atoms with van der Waals surface area (Å²) in [5, 5.41) is 0. The summed E-state index contributed by atoms with van der Waals surface area (Å²) in [6.45, 7) is 4.68. The monoisotopic (exact) mass is 434 g/mol. The molecule has 2 aromatic rings. The average Bonchev–Trinajstić information content (AvgIpc) is 2.74. The molecule has 0 N–H and O–H groups in total. The average molecular weight is 435 g/mol. The minimum absolute atomic E-state index is 0.106. The molecule has 3 rings (SSSR count). The third-order valence-electron chi connectivity index (χ3n) is 5.82. The van der Waals surface area contributed by atoms with Crippen LogP contribution in [0.15, 0.2) is 42.5 Å². The van der Waals surface area contributed by atoms with Crippen LogP contribution in [0.3, 0.4) is 0 Å². The molecule has 0 radical (unpaired) electrons. The van der Waals surface area contributed by atoms with Gasteiger partial charge in [-0.3, -0.25) is 0 Å². The minimum atomic E-state index is -4.75. The van der Waals surface area contributed by atoms with Crippen molar-refractivity contribution in [2.24, 2.45) is 5.92 Å². The van der Waals surface area contributed by atoms with Crippen molar-refractivity contribution in [2.75, 3.05) is 6.61 Å². The van der Waals surface area contributed by atoms with Crippen molar-refractivity contribution in [3.8, 4) is 11.1 Å². The Kier molecular flexibility index (Phi) is 7.93. The molecule has 1 heterocycles. The molecule has 1 aliphatic rings. The zero-order valence-electron chi connectivity index (χ0n) is 18.1. The van der Waals surface area contributed by atoms with Gasteiger partial charge >= 0.3 is 6.18 Å². The van der Waals surface area contributed by atoms with E-state index in [4.69, 9.17) is 4.74 Å². The fraction of sp³-hybridized carbons (Fsp3) is 0.462. The maximum atomic E-state index is 14.6. The van der Waals surface area contributed by atoms with E-state index in [1.165, 1.54) is 12.1 Å². The van der Waals surface area contributed by atoms with Crippen LogP contribution in [0.4, 0.5) is 17.6 Å². The molecule has 0 aromatic heterocycles. The van der Waals surface area contributed by atoms with Crippen LogP contribution in [0.2, 0.25) is 0 Å². The predicted molar refractivity (Wildman–Crippen MR) is 117 cm³/mol. The van der Waals surface area contributed by atoms with Gasteiger partial charge in [0.25, 0.3) is 0 Å². The molecule has 5 heteroatoms. The van der Waals surface area contributed by atoms with E-state index in [1.807, 2.05) is 13.0 Å². The molecule has 0 spiro atoms. The van der Waals surface area contributed by atoms with E-state index in [2.05, 4.69) is 13.0 Å². The van der Waals surface area contributed by atoms with Crippen molar-refractivity contribution in [3.05, 3.63) is 65.0 Å². The van der Waals surface area contributed by atoms with Crippen LogP contribution in [-0.2, 0) is 17.3 Å². The first-order valence-electron chi connectivity index (χ1n) is 11.1. The van der Waals surface area contributed by atoms with Gasteiger partial charge in [-0.2, -0.15) is 13.2 Å². The molecule has 0 saturated carbocycles. The second-order valence-electron chi connectivity index (χ2n) is 8.27. The molecule has 2 atom stereocenters. The number of ether oxygens (including phenoxy) is 1. The largest absolute Gasteiger partial charge is 0.419 e. The molecule has 1 aliphatic heterocycles. The fourth-order valence-electron chi connectivity index (χ4n) is 4.15. The lowest BCUT2D eigenvalue weighted by Gasteiger charge is -2.27. The lowest BCUT2D eigenvalue weighted by Crippen LogP contribution is -2.24. The summed E-state index contributed by atoms with van der Waals surface area (Å²) >= 11 is 0. The predicted octanol–water partition coefficient (Wildman–Crippen LogP) is 8.07. The van der Waals surface area contributed by atoms with Gasteiger partial charge in [-0.25, -0.2) is 4.39 Å². The van der Waals surface area contributed by atoms with Gasteiger partial charge in [0.1, 0.15) is 5.82 Å². The molecular weight excluding hydrogens is 404 g/mol. The Bertz CT molecular complexity index is 876. The Balaban J connectivity index is 1.77. The lowest BCUT2D eigenvalue weighted by atomic mass is 9.93. The highest BCUT2D eigenvalue weighted by atomic mass is 19.4. The van der Waals surface area contributed by atoms with E-state index in [0.29, 0.717) is 30.6 Å². The smallest absolute Gasteiger partial charge is 0.378 e. The molecule has 0 bridgehead atoms. The second kappa shape index (κ2) is 10.4. The van der Waals surface area contributed by atoms with Gasteiger partial charge in [0.05, 0.1) is 18.3 Å². The van der Waals surface area contributed by atoms with Crippen molar-refractivity contribution in [2.45, 2.75) is 64.7 Å². The van der Waals surface area contributed by atoms with Gasteiger partial charge in [-0.1, -0.05) is 75.2 Å². The summed E-state index contributed by atoms with van der Waals surface area (Å²) < 4.78 is 61.4. The summed E-state index contributed by atoms with van der Waals surface area (Å²) in [6.07, 6.45) is 4.92. The summed E-state index contributed by atoms with van der Waals surface area (Å²) in [6, 6.07) is 9.64. The zero-order valence-corrected chi connectivity index (χ0v) is 18.1. The highest BCUT2D eigenvalue weighted by Gasteiger charge is 2.38. The topological polar surface area (TPSA) is 9.23 Å². The number of halogens is 4. The van der Waals surface area contributed by atoms with Crippen LogP contribution in [0, 0.1) is 11.7 Å². The van der Waals surface area contributed by atoms with Crippen LogP contribution in [0.25, 0.3) is 17.2 Å². The van der Waals surface area contributed by atoms with Crippen molar-refractivity contribution in [1.29, 1.82) is 0 Å². The SMILES string of the molecule is CCCc1ccc(-c2ccc(/C=C/C3CCC(CCC)OC3)cc2)c(C(F)(F)F)c1F. The third-order valence-corrected chi connectivity index (χ3v) is 5.82. The molecule has 0 amide bonds. The van der Waals surface area contributed by atoms with Crippen LogP contribution < -0.4 is 0 Å². The maximum Gasteiger partial charge on any atom is 0.419 e. The highest BCUT2D eigenvalue weighted by Crippen LogP contribution is 2.40. The normalized spacial score (nSPS) is 19.8. The standard InChI is InChI=1S/C26H30F4O/c1-3-5-21-14-16-23(24(25(21)27)26(28,29)30)20-12-9-18(10-13-20)7-8-19-11-15-22(6-4-2)31-17-19/h7-10,12-14,16,19,22H,3-6,11,15,17H2,1-2H3/b8-7+. The molecule has 2 unspecified atom stereocenters. The first kappa shape index (κ1) is 23.5. The van der Waals surface area contributed by atoms with Crippen LogP contribution >= 0.6 is 0 Å². The van der Waals surface area contributed by atoms with Crippen molar-refractivity contribution < 1.29 is 22.3 Å². The van der Waals surface area contributed by atoms with E-state index in [-0.39, 0.29) is 17.5 Å². The number of aryl methyl sites for hydroxylation is 1. The van der Waals surface area contributed by atoms with E-state index in [0.717, 1.165) is 31.2 Å². The zero-order chi connectivity index (χ0) is 22.4. The molecule has 1 saturated heterocycles. The molecule has 1 fully saturated rings. The Morgan fingerprint density at radius 1 is 1.00 bits per heavy atom. The van der Waals surface area contributed by atoms with Crippen LogP contribution in [-0.4, -0.2) is 12.7 Å². The van der Waals surface area contributed by atoms with Gasteiger partial charge in [-0.15, -0.1) is 0 Å². The van der Waals surface area contributed by atoms with Gasteiger partial charge < -0.3 is 4.74 Å². The first-order chi connectivity index (χ1) is 14.8. The van der Waals surface area contributed by atoms with Crippen molar-refractivity contribution in [3.63, 3.8) is 0 Å². The number of hydrogen-bond donors (Lipinski definition) is 0. The number of alkyl halides is 3. The molecular formula is C26H30F4O. The van der Waals surface area contributed by atoms with E-state index >= 15 is 0 Å². The summed E-state index contributed by atoms with van der Waals surface area (Å²) in [4.78, 5) is 0. The van der Waals surface area contributed by atoms with Crippen molar-refractivity contribution in [1.82, 2.24) is 0 Å². The fourth-order valence-corrected chi connectivity index (χ4v) is 4.15. The van der Waals surface area contributed by atoms with Gasteiger partial charge in [0.2, 0.25) is 0 Å². The Hall–Kier alpha value is -2.14. The van der Waals surface area contributed by atoms with Gasteiger partial charge in [0, 0.05) is 5.92 Å². The molecule has 0 aliphatic carbocycles. The summed E-state index contributed by atoms with van der Waals surface area (Å²) in [5.41, 5.74) is 0.0608. The van der Waals surface area contributed by atoms with E-state index in [9.17, 15) is 17.6 Å². The van der Waals surface area contributed by atoms with Crippen LogP contribution in [0.5, 0.6) is 0 Å². The van der Waals surface area contributed by atoms with Gasteiger partial charge in [0.15, 0.2) is 0 Å². The number of benzene rings is 2. The summed E-state index contributed by atoms with van der Waals surface area (Å²) in [7, 11) is 0. The maximum absolute atomic E-state index is 14.6. The first-order valence-corrected chi connectivity index (χ1v) is 11.1. The Morgan fingerprint density at radius 2 is 1.74 bits per heavy atom. The molecule has 31 heavy (non-hydrogen) atoms. The molecule has 2 aromatic carbocycles. The minimum Gasteiger partial charge on any atom is -0.378 e. The Labute approximate surface area is 182 Å². The number of hydrogen-bond acceptors (Lipinski definition) is 1. The quantitative estimate of drug-likeness (QED) is 0.400. The van der Waals surface area contributed by atoms with E-state index < -0.39 is 17.6 Å². The van der Waals surface area contributed by atoms with Crippen LogP contribution in [0.1, 0.15) is 62.6 Å². The summed E-state index contributed by atoms with van der Waals surface area (Å²) in [5.74, 6) is -0.806. The molecule has 1 nitrogen and oxygen atoms in total. The lowest BCUT2D eigenvalue weighted by molar-refractivity contribution is -0.139. The van der Waals surface area contributed by atoms with Gasteiger partial charge in [-0.05, 0) is 47.9 Å². The second-order valence-corrected chi connectivity index (χ2v) is 8.27. The highest BCUT2D eigenvalue weighted by molar-refractivity contribution is 5.70. The van der Waals surface area contributed by atoms with E-state index in [1.54, 1.807) is 24.3 Å². The van der Waals surface area contributed by atoms with Crippen molar-refractivity contribution >= 4 is 6.08 Å².